The minimum Gasteiger partial charge on any atom is -0.399 e. The lowest BCUT2D eigenvalue weighted by atomic mass is 9.88. The number of nitrogens with zero attached hydrogens (tertiary/aromatic N) is 4. The second kappa shape index (κ2) is 4.40. The van der Waals surface area contributed by atoms with Crippen LogP contribution in [-0.4, -0.2) is 20.2 Å². The molecule has 5 nitrogen and oxygen atoms in total. The summed E-state index contributed by atoms with van der Waals surface area (Å²) >= 11 is 0. The Morgan fingerprint density at radius 1 is 1.17 bits per heavy atom. The number of hydrogen-bond acceptors (Lipinski definition) is 4. The zero-order valence-corrected chi connectivity index (χ0v) is 11.3. The molecule has 1 atom stereocenters. The van der Waals surface area contributed by atoms with Gasteiger partial charge in [0.05, 0.1) is 6.04 Å². The second-order valence-electron chi connectivity index (χ2n) is 5.61. The van der Waals surface area contributed by atoms with Crippen LogP contribution in [0, 0.1) is 5.41 Å². The highest BCUT2D eigenvalue weighted by atomic mass is 15.5. The van der Waals surface area contributed by atoms with Gasteiger partial charge in [-0.3, -0.25) is 0 Å². The fourth-order valence-electron chi connectivity index (χ4n) is 1.64. The first kappa shape index (κ1) is 12.5. The first-order valence-corrected chi connectivity index (χ1v) is 6.03. The van der Waals surface area contributed by atoms with Crippen molar-refractivity contribution in [1.82, 2.24) is 20.2 Å². The van der Waals surface area contributed by atoms with E-state index in [9.17, 15) is 0 Å². The summed E-state index contributed by atoms with van der Waals surface area (Å²) < 4.78 is 1.87. The molecule has 2 rings (SSSR count). The third-order valence-corrected chi connectivity index (χ3v) is 3.28. The van der Waals surface area contributed by atoms with Crippen LogP contribution in [0.1, 0.15) is 33.7 Å². The number of rotatable bonds is 2. The van der Waals surface area contributed by atoms with Crippen molar-refractivity contribution in [2.45, 2.75) is 33.7 Å². The molecule has 0 amide bonds. The molecule has 1 aromatic heterocycles. The Morgan fingerprint density at radius 3 is 2.33 bits per heavy atom. The third-order valence-electron chi connectivity index (χ3n) is 3.28. The Morgan fingerprint density at radius 2 is 1.78 bits per heavy atom. The predicted octanol–water partition coefficient (Wildman–Crippen LogP) is 2.53. The molecule has 1 unspecified atom stereocenters. The average molecular weight is 245 g/mol. The van der Waals surface area contributed by atoms with Gasteiger partial charge in [-0.15, -0.1) is 5.10 Å². The van der Waals surface area contributed by atoms with Crippen LogP contribution in [0.5, 0.6) is 0 Å². The normalized spacial score (nSPS) is 13.6. The van der Waals surface area contributed by atoms with Gasteiger partial charge in [0.25, 0.3) is 0 Å². The van der Waals surface area contributed by atoms with Crippen molar-refractivity contribution in [2.24, 2.45) is 5.41 Å². The number of anilines is 1. The van der Waals surface area contributed by atoms with Crippen molar-refractivity contribution in [3.63, 3.8) is 0 Å². The van der Waals surface area contributed by atoms with Gasteiger partial charge < -0.3 is 5.73 Å². The lowest BCUT2D eigenvalue weighted by Gasteiger charge is -2.27. The van der Waals surface area contributed by atoms with Crippen LogP contribution < -0.4 is 5.73 Å². The molecule has 2 aromatic rings. The molecule has 0 radical (unpaired) electrons. The maximum atomic E-state index is 5.69. The summed E-state index contributed by atoms with van der Waals surface area (Å²) in [5.41, 5.74) is 7.50. The average Bonchev–Trinajstić information content (AvgIpc) is 2.76. The zero-order valence-electron chi connectivity index (χ0n) is 11.3. The van der Waals surface area contributed by atoms with Crippen molar-refractivity contribution in [3.05, 3.63) is 24.3 Å². The van der Waals surface area contributed by atoms with Crippen molar-refractivity contribution >= 4 is 5.69 Å². The van der Waals surface area contributed by atoms with E-state index in [1.165, 1.54) is 0 Å². The number of aromatic nitrogens is 4. The van der Waals surface area contributed by atoms with E-state index in [4.69, 9.17) is 5.73 Å². The van der Waals surface area contributed by atoms with Crippen molar-refractivity contribution in [1.29, 1.82) is 0 Å². The van der Waals surface area contributed by atoms with Crippen molar-refractivity contribution in [3.8, 4) is 11.4 Å². The minimum atomic E-state index is 0.0952. The molecule has 2 N–H and O–H groups in total. The smallest absolute Gasteiger partial charge is 0.182 e. The summed E-state index contributed by atoms with van der Waals surface area (Å²) in [6.45, 7) is 8.64. The Kier molecular flexibility index (Phi) is 3.07. The van der Waals surface area contributed by atoms with E-state index < -0.39 is 0 Å². The van der Waals surface area contributed by atoms with E-state index in [0.29, 0.717) is 0 Å². The molecular formula is C13H19N5. The second-order valence-corrected chi connectivity index (χ2v) is 5.61. The van der Waals surface area contributed by atoms with E-state index in [0.717, 1.165) is 17.1 Å². The lowest BCUT2D eigenvalue weighted by Crippen LogP contribution is -2.23. The lowest BCUT2D eigenvalue weighted by molar-refractivity contribution is 0.243. The van der Waals surface area contributed by atoms with Gasteiger partial charge >= 0.3 is 0 Å². The maximum Gasteiger partial charge on any atom is 0.182 e. The van der Waals surface area contributed by atoms with Crippen LogP contribution in [0.25, 0.3) is 11.4 Å². The molecule has 1 heterocycles. The standard InChI is InChI=1S/C13H19N5/c1-9(13(2,3)4)18-12(15-16-17-18)10-5-7-11(14)8-6-10/h5-9H,14H2,1-4H3. The fourth-order valence-corrected chi connectivity index (χ4v) is 1.64. The van der Waals surface area contributed by atoms with E-state index in [-0.39, 0.29) is 11.5 Å². The summed E-state index contributed by atoms with van der Waals surface area (Å²) in [6.07, 6.45) is 0. The van der Waals surface area contributed by atoms with E-state index in [2.05, 4.69) is 43.2 Å². The molecule has 5 heteroatoms. The predicted molar refractivity (Wildman–Crippen MR) is 71.8 cm³/mol. The topological polar surface area (TPSA) is 69.6 Å². The molecule has 18 heavy (non-hydrogen) atoms. The maximum absolute atomic E-state index is 5.69. The summed E-state index contributed by atoms with van der Waals surface area (Å²) in [7, 11) is 0. The molecule has 0 fully saturated rings. The first-order valence-electron chi connectivity index (χ1n) is 6.03. The van der Waals surface area contributed by atoms with E-state index in [1.54, 1.807) is 0 Å². The quantitative estimate of drug-likeness (QED) is 0.825. The molecule has 0 bridgehead atoms. The molecule has 0 aliphatic heterocycles. The third kappa shape index (κ3) is 2.34. The number of nitrogens with two attached hydrogens (primary N) is 1. The van der Waals surface area contributed by atoms with Gasteiger partial charge in [-0.2, -0.15) is 0 Å². The minimum absolute atomic E-state index is 0.0952. The van der Waals surface area contributed by atoms with Gasteiger partial charge in [-0.05, 0) is 47.0 Å². The molecule has 0 aliphatic carbocycles. The summed E-state index contributed by atoms with van der Waals surface area (Å²) in [4.78, 5) is 0. The zero-order chi connectivity index (χ0) is 13.3. The highest BCUT2D eigenvalue weighted by Crippen LogP contribution is 2.32. The van der Waals surface area contributed by atoms with Crippen LogP contribution in [0.15, 0.2) is 24.3 Å². The number of tetrazole rings is 1. The monoisotopic (exact) mass is 245 g/mol. The van der Waals surface area contributed by atoms with Crippen molar-refractivity contribution < 1.29 is 0 Å². The Labute approximate surface area is 107 Å². The molecule has 0 spiro atoms. The Hall–Kier alpha value is -1.91. The summed E-state index contributed by atoms with van der Waals surface area (Å²) in [6, 6.07) is 7.80. The van der Waals surface area contributed by atoms with Crippen LogP contribution >= 0.6 is 0 Å². The van der Waals surface area contributed by atoms with Crippen LogP contribution in [-0.2, 0) is 0 Å². The summed E-state index contributed by atoms with van der Waals surface area (Å²) in [5, 5.41) is 12.0. The highest BCUT2D eigenvalue weighted by Gasteiger charge is 2.25. The largest absolute Gasteiger partial charge is 0.399 e. The number of hydrogen-bond donors (Lipinski definition) is 1. The van der Waals surface area contributed by atoms with E-state index in [1.807, 2.05) is 28.9 Å². The summed E-state index contributed by atoms with van der Waals surface area (Å²) in [5.74, 6) is 0.775. The van der Waals surface area contributed by atoms with Gasteiger partial charge in [0.2, 0.25) is 0 Å². The number of nitrogen functional groups attached to an aromatic ring is 1. The molecular weight excluding hydrogens is 226 g/mol. The van der Waals surface area contributed by atoms with Gasteiger partial charge in [0.15, 0.2) is 5.82 Å². The van der Waals surface area contributed by atoms with Gasteiger partial charge in [-0.1, -0.05) is 20.8 Å². The molecule has 1 aromatic carbocycles. The highest BCUT2D eigenvalue weighted by molar-refractivity contribution is 5.58. The fraction of sp³-hybridized carbons (Fsp3) is 0.462. The molecule has 0 saturated carbocycles. The Balaban J connectivity index is 2.42. The molecule has 0 saturated heterocycles. The SMILES string of the molecule is CC(n1nnnc1-c1ccc(N)cc1)C(C)(C)C. The molecule has 0 aliphatic rings. The first-order chi connectivity index (χ1) is 8.39. The Bertz CT molecular complexity index is 521. The van der Waals surface area contributed by atoms with Crippen LogP contribution in [0.4, 0.5) is 5.69 Å². The van der Waals surface area contributed by atoms with E-state index >= 15 is 0 Å². The molecule has 96 valence electrons. The van der Waals surface area contributed by atoms with Gasteiger partial charge in [0.1, 0.15) is 0 Å². The van der Waals surface area contributed by atoms with Crippen molar-refractivity contribution in [2.75, 3.05) is 5.73 Å². The van der Waals surface area contributed by atoms with Gasteiger partial charge in [-0.25, -0.2) is 4.68 Å². The van der Waals surface area contributed by atoms with Crippen LogP contribution in [0.3, 0.4) is 0 Å². The van der Waals surface area contributed by atoms with Crippen LogP contribution in [0.2, 0.25) is 0 Å². The number of benzene rings is 1. The van der Waals surface area contributed by atoms with Gasteiger partial charge in [0, 0.05) is 11.3 Å².